The van der Waals surface area contributed by atoms with E-state index >= 15 is 0 Å². The molecule has 0 bridgehead atoms. The molecule has 5 nitrogen and oxygen atoms in total. The van der Waals surface area contributed by atoms with Crippen LogP contribution in [0.25, 0.3) is 0 Å². The Morgan fingerprint density at radius 1 is 0.893 bits per heavy atom. The summed E-state index contributed by atoms with van der Waals surface area (Å²) in [6.45, 7) is 0.293. The van der Waals surface area contributed by atoms with E-state index in [2.05, 4.69) is 29.6 Å². The molecule has 3 N–H and O–H groups in total. The Labute approximate surface area is 164 Å². The van der Waals surface area contributed by atoms with E-state index in [1.807, 2.05) is 66.0 Å². The summed E-state index contributed by atoms with van der Waals surface area (Å²) in [6.07, 6.45) is 0. The first kappa shape index (κ1) is 17.9. The molecule has 0 saturated carbocycles. The van der Waals surface area contributed by atoms with Crippen molar-refractivity contribution < 1.29 is 14.9 Å². The van der Waals surface area contributed by atoms with Gasteiger partial charge in [-0.3, -0.25) is 14.5 Å². The minimum absolute atomic E-state index is 0.0141. The molecule has 1 aliphatic heterocycles. The highest BCUT2D eigenvalue weighted by atomic mass is 16.2. The summed E-state index contributed by atoms with van der Waals surface area (Å²) < 4.78 is 0. The SMILES string of the molecule is O=C1CN(C(=O)C[NH2+]C(c2ccccc2)c2ccccc2)c2ccccc2N1. The Kier molecular flexibility index (Phi) is 5.17. The number of amides is 2. The zero-order valence-corrected chi connectivity index (χ0v) is 15.4. The number of hydrogen-bond acceptors (Lipinski definition) is 2. The van der Waals surface area contributed by atoms with Crippen molar-refractivity contribution >= 4 is 23.2 Å². The Morgan fingerprint density at radius 2 is 1.46 bits per heavy atom. The largest absolute Gasteiger partial charge is 0.328 e. The lowest BCUT2D eigenvalue weighted by Gasteiger charge is -2.29. The monoisotopic (exact) mass is 372 g/mol. The average Bonchev–Trinajstić information content (AvgIpc) is 2.74. The van der Waals surface area contributed by atoms with E-state index < -0.39 is 0 Å². The normalized spacial score (nSPS) is 13.2. The molecule has 2 amide bonds. The van der Waals surface area contributed by atoms with Crippen molar-refractivity contribution in [3.63, 3.8) is 0 Å². The third-order valence-corrected chi connectivity index (χ3v) is 4.92. The van der Waals surface area contributed by atoms with Gasteiger partial charge in [-0.05, 0) is 12.1 Å². The fourth-order valence-corrected chi connectivity index (χ4v) is 3.57. The number of carbonyl (C=O) groups excluding carboxylic acids is 2. The molecule has 3 aromatic rings. The molecule has 0 radical (unpaired) electrons. The topological polar surface area (TPSA) is 66.0 Å². The van der Waals surface area contributed by atoms with Gasteiger partial charge in [0.05, 0.1) is 11.4 Å². The number of fused-ring (bicyclic) bond motifs is 1. The number of hydrogen-bond donors (Lipinski definition) is 2. The van der Waals surface area contributed by atoms with Crippen molar-refractivity contribution in [2.24, 2.45) is 0 Å². The van der Waals surface area contributed by atoms with Crippen molar-refractivity contribution in [3.05, 3.63) is 96.1 Å². The number of nitrogens with one attached hydrogen (secondary N) is 1. The van der Waals surface area contributed by atoms with Crippen molar-refractivity contribution in [1.82, 2.24) is 0 Å². The molecule has 1 aliphatic rings. The van der Waals surface area contributed by atoms with E-state index in [9.17, 15) is 9.59 Å². The molecule has 0 aliphatic carbocycles. The molecule has 0 fully saturated rings. The third kappa shape index (κ3) is 3.80. The summed E-state index contributed by atoms with van der Waals surface area (Å²) in [5.41, 5.74) is 3.70. The number of benzene rings is 3. The van der Waals surface area contributed by atoms with Crippen LogP contribution in [0.5, 0.6) is 0 Å². The van der Waals surface area contributed by atoms with Gasteiger partial charge in [-0.25, -0.2) is 0 Å². The Balaban J connectivity index is 1.55. The number of quaternary nitrogens is 1. The third-order valence-electron chi connectivity index (χ3n) is 4.92. The van der Waals surface area contributed by atoms with E-state index in [4.69, 9.17) is 0 Å². The lowest BCUT2D eigenvalue weighted by molar-refractivity contribution is -0.676. The summed E-state index contributed by atoms with van der Waals surface area (Å²) in [5.74, 6) is -0.256. The highest BCUT2D eigenvalue weighted by molar-refractivity contribution is 6.10. The molecule has 0 saturated heterocycles. The first-order valence-corrected chi connectivity index (χ1v) is 9.35. The van der Waals surface area contributed by atoms with Gasteiger partial charge in [0, 0.05) is 11.1 Å². The second-order valence-corrected chi connectivity index (χ2v) is 6.78. The van der Waals surface area contributed by atoms with Gasteiger partial charge in [0.15, 0.2) is 6.54 Å². The molecular formula is C23H22N3O2+. The van der Waals surface area contributed by atoms with Crippen LogP contribution in [0.2, 0.25) is 0 Å². The fraction of sp³-hybridized carbons (Fsp3) is 0.130. The summed E-state index contributed by atoms with van der Waals surface area (Å²) in [4.78, 5) is 26.6. The smallest absolute Gasteiger partial charge is 0.282 e. The van der Waals surface area contributed by atoms with Crippen molar-refractivity contribution in [3.8, 4) is 0 Å². The van der Waals surface area contributed by atoms with Gasteiger partial charge in [-0.2, -0.15) is 0 Å². The number of nitrogens with zero attached hydrogens (tertiary/aromatic N) is 1. The molecule has 5 heteroatoms. The molecule has 28 heavy (non-hydrogen) atoms. The number of carbonyl (C=O) groups is 2. The van der Waals surface area contributed by atoms with Crippen molar-refractivity contribution in [2.45, 2.75) is 6.04 Å². The predicted molar refractivity (Wildman–Crippen MR) is 109 cm³/mol. The first-order valence-electron chi connectivity index (χ1n) is 9.35. The minimum Gasteiger partial charge on any atom is -0.328 e. The zero-order valence-electron chi connectivity index (χ0n) is 15.4. The zero-order chi connectivity index (χ0) is 19.3. The van der Waals surface area contributed by atoms with E-state index in [0.29, 0.717) is 5.69 Å². The molecule has 0 aromatic heterocycles. The number of nitrogens with two attached hydrogens (primary N) is 1. The van der Waals surface area contributed by atoms with Gasteiger partial charge < -0.3 is 10.6 Å². The van der Waals surface area contributed by atoms with Crippen molar-refractivity contribution in [2.75, 3.05) is 23.3 Å². The standard InChI is InChI=1S/C23H21N3O2/c27-21-16-26(20-14-8-7-13-19(20)25-21)22(28)15-24-23(17-9-3-1-4-10-17)18-11-5-2-6-12-18/h1-14,23-24H,15-16H2,(H,25,27)/p+1. The van der Waals surface area contributed by atoms with Gasteiger partial charge >= 0.3 is 0 Å². The van der Waals surface area contributed by atoms with Crippen LogP contribution in [0.15, 0.2) is 84.9 Å². The average molecular weight is 372 g/mol. The molecular weight excluding hydrogens is 350 g/mol. The molecule has 1 heterocycles. The van der Waals surface area contributed by atoms with Crippen LogP contribution in [0.3, 0.4) is 0 Å². The Hall–Kier alpha value is -3.44. The highest BCUT2D eigenvalue weighted by Crippen LogP contribution is 2.28. The second kappa shape index (κ2) is 8.06. The van der Waals surface area contributed by atoms with Crippen LogP contribution in [0.1, 0.15) is 17.2 Å². The molecule has 0 unspecified atom stereocenters. The van der Waals surface area contributed by atoms with Crippen LogP contribution in [-0.4, -0.2) is 24.9 Å². The number of rotatable bonds is 5. The van der Waals surface area contributed by atoms with Crippen LogP contribution < -0.4 is 15.5 Å². The Morgan fingerprint density at radius 3 is 2.11 bits per heavy atom. The molecule has 3 aromatic carbocycles. The number of anilines is 2. The number of para-hydroxylation sites is 2. The molecule has 0 spiro atoms. The summed E-state index contributed by atoms with van der Waals surface area (Å²) in [6, 6.07) is 27.7. The Bertz CT molecular complexity index is 934. The summed E-state index contributed by atoms with van der Waals surface area (Å²) >= 11 is 0. The van der Waals surface area contributed by atoms with Crippen LogP contribution >= 0.6 is 0 Å². The first-order chi connectivity index (χ1) is 13.7. The summed E-state index contributed by atoms with van der Waals surface area (Å²) in [7, 11) is 0. The van der Waals surface area contributed by atoms with Gasteiger partial charge in [0.25, 0.3) is 5.91 Å². The van der Waals surface area contributed by atoms with E-state index in [-0.39, 0.29) is 30.9 Å². The molecule has 140 valence electrons. The van der Waals surface area contributed by atoms with Crippen LogP contribution in [-0.2, 0) is 9.59 Å². The lowest BCUT2D eigenvalue weighted by atomic mass is 9.99. The molecule has 0 atom stereocenters. The van der Waals surface area contributed by atoms with Gasteiger partial charge in [0.2, 0.25) is 5.91 Å². The highest BCUT2D eigenvalue weighted by Gasteiger charge is 2.28. The van der Waals surface area contributed by atoms with E-state index in [1.165, 1.54) is 0 Å². The maximum absolute atomic E-state index is 13.0. The summed E-state index contributed by atoms with van der Waals surface area (Å²) in [5, 5.41) is 4.85. The molecule has 4 rings (SSSR count). The maximum atomic E-state index is 13.0. The predicted octanol–water partition coefficient (Wildman–Crippen LogP) is 2.32. The fourth-order valence-electron chi connectivity index (χ4n) is 3.57. The van der Waals surface area contributed by atoms with Crippen LogP contribution in [0, 0.1) is 0 Å². The van der Waals surface area contributed by atoms with E-state index in [0.717, 1.165) is 16.8 Å². The lowest BCUT2D eigenvalue weighted by Crippen LogP contribution is -2.88. The van der Waals surface area contributed by atoms with Gasteiger partial charge in [0.1, 0.15) is 12.6 Å². The van der Waals surface area contributed by atoms with Gasteiger partial charge in [-0.1, -0.05) is 72.8 Å². The second-order valence-electron chi connectivity index (χ2n) is 6.78. The van der Waals surface area contributed by atoms with Crippen molar-refractivity contribution in [1.29, 1.82) is 0 Å². The quantitative estimate of drug-likeness (QED) is 0.722. The van der Waals surface area contributed by atoms with Gasteiger partial charge in [-0.15, -0.1) is 0 Å². The van der Waals surface area contributed by atoms with Crippen LogP contribution in [0.4, 0.5) is 11.4 Å². The van der Waals surface area contributed by atoms with E-state index in [1.54, 1.807) is 4.90 Å². The maximum Gasteiger partial charge on any atom is 0.282 e. The minimum atomic E-state index is -0.172.